The molecule has 0 aliphatic heterocycles. The van der Waals surface area contributed by atoms with Gasteiger partial charge in [-0.25, -0.2) is 4.98 Å². The van der Waals surface area contributed by atoms with Crippen LogP contribution in [-0.4, -0.2) is 4.98 Å². The van der Waals surface area contributed by atoms with Gasteiger partial charge in [0, 0.05) is 10.5 Å². The topological polar surface area (TPSA) is 24.9 Å². The molecule has 1 aromatic heterocycles. The van der Waals surface area contributed by atoms with E-state index in [0.29, 0.717) is 5.15 Å². The molecule has 0 radical (unpaired) electrons. The number of rotatable bonds is 3. The van der Waals surface area contributed by atoms with Crippen molar-refractivity contribution in [2.75, 3.05) is 5.32 Å². The summed E-state index contributed by atoms with van der Waals surface area (Å²) in [5.41, 5.74) is 3.15. The fourth-order valence-electron chi connectivity index (χ4n) is 1.75. The lowest BCUT2D eigenvalue weighted by Gasteiger charge is -2.17. The molecule has 94 valence electrons. The summed E-state index contributed by atoms with van der Waals surface area (Å²) in [4.78, 5) is 4.23. The highest BCUT2D eigenvalue weighted by Gasteiger charge is 2.07. The number of halogens is 2. The van der Waals surface area contributed by atoms with E-state index in [1.165, 1.54) is 5.56 Å². The number of nitrogens with zero attached hydrogens (tertiary/aromatic N) is 1. The highest BCUT2D eigenvalue weighted by atomic mass is 79.9. The molecule has 2 rings (SSSR count). The molecule has 1 N–H and O–H groups in total. The first kappa shape index (κ1) is 13.4. The average Bonchev–Trinajstić information content (AvgIpc) is 2.33. The Morgan fingerprint density at radius 2 is 1.83 bits per heavy atom. The second kappa shape index (κ2) is 5.72. The van der Waals surface area contributed by atoms with Crippen LogP contribution in [0.5, 0.6) is 0 Å². The molecule has 1 atom stereocenters. The number of aryl methyl sites for hydroxylation is 1. The highest BCUT2D eigenvalue weighted by molar-refractivity contribution is 9.10. The Morgan fingerprint density at radius 1 is 1.17 bits per heavy atom. The van der Waals surface area contributed by atoms with Gasteiger partial charge >= 0.3 is 0 Å². The lowest BCUT2D eigenvalue weighted by Crippen LogP contribution is -2.08. The van der Waals surface area contributed by atoms with Gasteiger partial charge in [-0.3, -0.25) is 0 Å². The van der Waals surface area contributed by atoms with Gasteiger partial charge in [-0.2, -0.15) is 0 Å². The van der Waals surface area contributed by atoms with Crippen LogP contribution in [0.4, 0.5) is 5.69 Å². The van der Waals surface area contributed by atoms with Crippen molar-refractivity contribution in [1.82, 2.24) is 4.98 Å². The van der Waals surface area contributed by atoms with Crippen LogP contribution < -0.4 is 5.32 Å². The summed E-state index contributed by atoms with van der Waals surface area (Å²) >= 11 is 9.28. The van der Waals surface area contributed by atoms with Gasteiger partial charge in [0.15, 0.2) is 0 Å². The van der Waals surface area contributed by atoms with Crippen LogP contribution in [0.2, 0.25) is 5.15 Å². The van der Waals surface area contributed by atoms with E-state index in [-0.39, 0.29) is 6.04 Å². The van der Waals surface area contributed by atoms with Gasteiger partial charge in [0.1, 0.15) is 5.15 Å². The molecule has 2 aromatic rings. The van der Waals surface area contributed by atoms with Crippen molar-refractivity contribution < 1.29 is 0 Å². The maximum absolute atomic E-state index is 5.84. The summed E-state index contributed by atoms with van der Waals surface area (Å²) in [6.45, 7) is 4.07. The molecule has 1 heterocycles. The summed E-state index contributed by atoms with van der Waals surface area (Å²) in [5.74, 6) is 0. The average molecular weight is 326 g/mol. The van der Waals surface area contributed by atoms with Crippen molar-refractivity contribution in [3.63, 3.8) is 0 Å². The fourth-order valence-corrected chi connectivity index (χ4v) is 2.21. The molecular formula is C14H14BrClN2. The summed E-state index contributed by atoms with van der Waals surface area (Å²) in [6.07, 6.45) is 0. The Labute approximate surface area is 121 Å². The van der Waals surface area contributed by atoms with E-state index in [0.717, 1.165) is 15.9 Å². The predicted octanol–water partition coefficient (Wildman–Crippen LogP) is 4.98. The predicted molar refractivity (Wildman–Crippen MR) is 80.2 cm³/mol. The van der Waals surface area contributed by atoms with E-state index in [1.807, 2.05) is 25.1 Å². The van der Waals surface area contributed by atoms with Crippen LogP contribution in [0.1, 0.15) is 24.2 Å². The van der Waals surface area contributed by atoms with Gasteiger partial charge in [-0.05, 0) is 43.7 Å². The Bertz CT molecular complexity index is 540. The summed E-state index contributed by atoms with van der Waals surface area (Å²) in [6, 6.07) is 12.3. The number of hydrogen-bond acceptors (Lipinski definition) is 2. The minimum Gasteiger partial charge on any atom is -0.377 e. The molecule has 0 spiro atoms. The number of anilines is 1. The van der Waals surface area contributed by atoms with Gasteiger partial charge in [0.05, 0.1) is 11.4 Å². The van der Waals surface area contributed by atoms with Crippen molar-refractivity contribution >= 4 is 33.2 Å². The zero-order valence-electron chi connectivity index (χ0n) is 10.2. The van der Waals surface area contributed by atoms with E-state index in [1.54, 1.807) is 6.07 Å². The first-order valence-electron chi connectivity index (χ1n) is 5.71. The smallest absolute Gasteiger partial charge is 0.129 e. The van der Waals surface area contributed by atoms with Crippen LogP contribution in [0.15, 0.2) is 40.9 Å². The van der Waals surface area contributed by atoms with Crippen LogP contribution in [-0.2, 0) is 0 Å². The van der Waals surface area contributed by atoms with Crippen LogP contribution >= 0.6 is 27.5 Å². The number of hydrogen-bond donors (Lipinski definition) is 1. The molecule has 4 heteroatoms. The van der Waals surface area contributed by atoms with Gasteiger partial charge in [-0.1, -0.05) is 39.7 Å². The highest BCUT2D eigenvalue weighted by Crippen LogP contribution is 2.23. The number of nitrogens with one attached hydrogen (secondary N) is 1. The molecule has 0 saturated heterocycles. The monoisotopic (exact) mass is 324 g/mol. The molecule has 0 fully saturated rings. The second-order valence-electron chi connectivity index (χ2n) is 4.18. The van der Waals surface area contributed by atoms with Crippen molar-refractivity contribution in [1.29, 1.82) is 0 Å². The maximum Gasteiger partial charge on any atom is 0.129 e. The van der Waals surface area contributed by atoms with Crippen molar-refractivity contribution in [2.45, 2.75) is 19.9 Å². The van der Waals surface area contributed by atoms with E-state index >= 15 is 0 Å². The SMILES string of the molecule is Cc1nc(Cl)ccc1NC(C)c1ccc(Br)cc1. The Kier molecular flexibility index (Phi) is 4.25. The van der Waals surface area contributed by atoms with Crippen LogP contribution in [0, 0.1) is 6.92 Å². The van der Waals surface area contributed by atoms with Crippen LogP contribution in [0.25, 0.3) is 0 Å². The third-order valence-corrected chi connectivity index (χ3v) is 3.53. The molecule has 0 bridgehead atoms. The standard InChI is InChI=1S/C14H14BrClN2/c1-9(11-3-5-12(15)6-4-11)17-13-7-8-14(16)18-10(13)2/h3-9,17H,1-2H3. The Morgan fingerprint density at radius 3 is 2.44 bits per heavy atom. The van der Waals surface area contributed by atoms with Gasteiger partial charge in [-0.15, -0.1) is 0 Å². The third-order valence-electron chi connectivity index (χ3n) is 2.79. The maximum atomic E-state index is 5.84. The van der Waals surface area contributed by atoms with E-state index < -0.39 is 0 Å². The molecule has 1 unspecified atom stereocenters. The normalized spacial score (nSPS) is 12.2. The Balaban J connectivity index is 2.15. The van der Waals surface area contributed by atoms with Crippen molar-refractivity contribution in [3.05, 3.63) is 57.3 Å². The first-order valence-corrected chi connectivity index (χ1v) is 6.88. The molecular weight excluding hydrogens is 312 g/mol. The molecule has 0 amide bonds. The van der Waals surface area contributed by atoms with Crippen molar-refractivity contribution in [3.8, 4) is 0 Å². The van der Waals surface area contributed by atoms with Gasteiger partial charge < -0.3 is 5.32 Å². The number of pyridine rings is 1. The summed E-state index contributed by atoms with van der Waals surface area (Å²) in [5, 5.41) is 3.96. The molecule has 0 saturated carbocycles. The summed E-state index contributed by atoms with van der Waals surface area (Å²) < 4.78 is 1.09. The van der Waals surface area contributed by atoms with E-state index in [4.69, 9.17) is 11.6 Å². The zero-order chi connectivity index (χ0) is 13.1. The first-order chi connectivity index (χ1) is 8.56. The van der Waals surface area contributed by atoms with Gasteiger partial charge in [0.2, 0.25) is 0 Å². The number of benzene rings is 1. The second-order valence-corrected chi connectivity index (χ2v) is 5.49. The van der Waals surface area contributed by atoms with Crippen molar-refractivity contribution in [2.24, 2.45) is 0 Å². The molecule has 0 aliphatic rings. The lowest BCUT2D eigenvalue weighted by molar-refractivity contribution is 0.879. The van der Waals surface area contributed by atoms with Crippen LogP contribution in [0.3, 0.4) is 0 Å². The molecule has 1 aromatic carbocycles. The fraction of sp³-hybridized carbons (Fsp3) is 0.214. The van der Waals surface area contributed by atoms with E-state index in [2.05, 4.69) is 45.3 Å². The minimum atomic E-state index is 0.222. The molecule has 2 nitrogen and oxygen atoms in total. The van der Waals surface area contributed by atoms with Gasteiger partial charge in [0.25, 0.3) is 0 Å². The zero-order valence-corrected chi connectivity index (χ0v) is 12.6. The largest absolute Gasteiger partial charge is 0.377 e. The Hall–Kier alpha value is -1.06. The third kappa shape index (κ3) is 3.24. The van der Waals surface area contributed by atoms with E-state index in [9.17, 15) is 0 Å². The molecule has 18 heavy (non-hydrogen) atoms. The molecule has 0 aliphatic carbocycles. The summed E-state index contributed by atoms with van der Waals surface area (Å²) in [7, 11) is 0. The number of aromatic nitrogens is 1. The minimum absolute atomic E-state index is 0.222. The lowest BCUT2D eigenvalue weighted by atomic mass is 10.1. The quantitative estimate of drug-likeness (QED) is 0.805.